The molecule has 1 aliphatic heterocycles. The molecule has 2 aromatic heterocycles. The van der Waals surface area contributed by atoms with Crippen molar-refractivity contribution in [1.29, 1.82) is 0 Å². The van der Waals surface area contributed by atoms with Gasteiger partial charge in [0.2, 0.25) is 5.91 Å². The van der Waals surface area contributed by atoms with Gasteiger partial charge in [-0.3, -0.25) is 9.36 Å². The summed E-state index contributed by atoms with van der Waals surface area (Å²) in [6.07, 6.45) is 0.873. The predicted molar refractivity (Wildman–Crippen MR) is 131 cm³/mol. The van der Waals surface area contributed by atoms with Gasteiger partial charge in [-0.2, -0.15) is 0 Å². The van der Waals surface area contributed by atoms with Crippen LogP contribution in [0.1, 0.15) is 17.4 Å². The highest BCUT2D eigenvalue weighted by Gasteiger charge is 2.28. The second kappa shape index (κ2) is 9.29. The fourth-order valence-corrected chi connectivity index (χ4v) is 5.97. The van der Waals surface area contributed by atoms with Gasteiger partial charge in [0.05, 0.1) is 16.0 Å². The third kappa shape index (κ3) is 4.30. The summed E-state index contributed by atoms with van der Waals surface area (Å²) >= 11 is 9.43. The van der Waals surface area contributed by atoms with Crippen LogP contribution in [0.2, 0.25) is 5.02 Å². The molecular formula is C24H20ClFN4OS2. The topological polar surface area (TPSA) is 51.0 Å². The number of carbonyl (C=O) groups excluding carboxylic acids is 1. The molecule has 2 aromatic carbocycles. The molecule has 0 N–H and O–H groups in total. The number of fused-ring (bicyclic) bond motifs is 1. The number of rotatable bonds is 5. The molecule has 3 heterocycles. The van der Waals surface area contributed by atoms with E-state index in [9.17, 15) is 9.18 Å². The van der Waals surface area contributed by atoms with Crippen molar-refractivity contribution in [3.63, 3.8) is 0 Å². The van der Waals surface area contributed by atoms with Gasteiger partial charge in [0.25, 0.3) is 0 Å². The van der Waals surface area contributed by atoms with Gasteiger partial charge in [-0.25, -0.2) is 4.39 Å². The molecular weight excluding hydrogens is 479 g/mol. The molecule has 0 radical (unpaired) electrons. The Morgan fingerprint density at radius 1 is 1.15 bits per heavy atom. The number of aromatic nitrogens is 3. The highest BCUT2D eigenvalue weighted by Crippen LogP contribution is 2.35. The van der Waals surface area contributed by atoms with Crippen LogP contribution in [0.5, 0.6) is 0 Å². The van der Waals surface area contributed by atoms with Crippen LogP contribution in [0, 0.1) is 5.82 Å². The monoisotopic (exact) mass is 498 g/mol. The van der Waals surface area contributed by atoms with Crippen LogP contribution in [0.4, 0.5) is 4.39 Å². The van der Waals surface area contributed by atoms with E-state index in [1.165, 1.54) is 28.3 Å². The molecule has 1 atom stereocenters. The Bertz CT molecular complexity index is 1320. The van der Waals surface area contributed by atoms with E-state index in [0.717, 1.165) is 6.42 Å². The van der Waals surface area contributed by atoms with Crippen molar-refractivity contribution in [3.8, 4) is 17.1 Å². The Kier molecular flexibility index (Phi) is 6.23. The third-order valence-electron chi connectivity index (χ3n) is 5.59. The lowest BCUT2D eigenvalue weighted by Gasteiger charge is -2.29. The number of thiophene rings is 1. The summed E-state index contributed by atoms with van der Waals surface area (Å²) in [5, 5.41) is 11.2. The van der Waals surface area contributed by atoms with Gasteiger partial charge in [-0.05, 0) is 54.6 Å². The van der Waals surface area contributed by atoms with Crippen molar-refractivity contribution in [2.24, 2.45) is 0 Å². The van der Waals surface area contributed by atoms with Crippen molar-refractivity contribution in [2.45, 2.75) is 30.3 Å². The zero-order valence-corrected chi connectivity index (χ0v) is 20.1. The smallest absolute Gasteiger partial charge is 0.236 e. The molecule has 1 unspecified atom stereocenters. The minimum absolute atomic E-state index is 0.0271. The number of hydrogen-bond donors (Lipinski definition) is 0. The van der Waals surface area contributed by atoms with Crippen LogP contribution in [0.25, 0.3) is 17.1 Å². The van der Waals surface area contributed by atoms with E-state index in [1.807, 2.05) is 30.0 Å². The van der Waals surface area contributed by atoms with E-state index in [-0.39, 0.29) is 5.91 Å². The summed E-state index contributed by atoms with van der Waals surface area (Å²) in [6, 6.07) is 15.8. The summed E-state index contributed by atoms with van der Waals surface area (Å²) in [7, 11) is 0. The van der Waals surface area contributed by atoms with Crippen molar-refractivity contribution >= 4 is 40.6 Å². The molecule has 0 fully saturated rings. The van der Waals surface area contributed by atoms with Crippen LogP contribution in [-0.4, -0.2) is 37.4 Å². The van der Waals surface area contributed by atoms with Gasteiger partial charge >= 0.3 is 0 Å². The maximum atomic E-state index is 14.8. The summed E-state index contributed by atoms with van der Waals surface area (Å²) in [6.45, 7) is 3.17. The second-order valence-electron chi connectivity index (χ2n) is 7.71. The predicted octanol–water partition coefficient (Wildman–Crippen LogP) is 5.85. The summed E-state index contributed by atoms with van der Waals surface area (Å²) in [5.41, 5.74) is 2.16. The first kappa shape index (κ1) is 22.1. The van der Waals surface area contributed by atoms with Crippen LogP contribution in [-0.2, 0) is 17.8 Å². The van der Waals surface area contributed by atoms with Crippen LogP contribution in [0.3, 0.4) is 0 Å². The SMILES string of the molecule is CC(Sc1nnc(-c2ccccc2Cl)n1-c1ccccc1F)C(=O)N1CCc2sccc2C1. The molecule has 0 spiro atoms. The minimum atomic E-state index is -0.418. The first-order valence-corrected chi connectivity index (χ1v) is 12.6. The Balaban J connectivity index is 1.48. The molecule has 0 aliphatic carbocycles. The van der Waals surface area contributed by atoms with Crippen molar-refractivity contribution < 1.29 is 9.18 Å². The molecule has 5 nitrogen and oxygen atoms in total. The Hall–Kier alpha value is -2.68. The van der Waals surface area contributed by atoms with Gasteiger partial charge in [0, 0.05) is 23.5 Å². The van der Waals surface area contributed by atoms with E-state index >= 15 is 0 Å². The molecule has 1 aliphatic rings. The van der Waals surface area contributed by atoms with Gasteiger partial charge in [-0.1, -0.05) is 47.6 Å². The molecule has 9 heteroatoms. The average Bonchev–Trinajstić information content (AvgIpc) is 3.46. The number of thioether (sulfide) groups is 1. The van der Waals surface area contributed by atoms with E-state index in [4.69, 9.17) is 11.6 Å². The number of hydrogen-bond acceptors (Lipinski definition) is 5. The lowest BCUT2D eigenvalue weighted by atomic mass is 10.1. The van der Waals surface area contributed by atoms with Gasteiger partial charge in [-0.15, -0.1) is 21.5 Å². The Morgan fingerprint density at radius 2 is 1.94 bits per heavy atom. The zero-order chi connectivity index (χ0) is 22.9. The highest BCUT2D eigenvalue weighted by molar-refractivity contribution is 8.00. The quantitative estimate of drug-likeness (QED) is 0.324. The van der Waals surface area contributed by atoms with Gasteiger partial charge in [0.1, 0.15) is 5.82 Å². The van der Waals surface area contributed by atoms with Crippen LogP contribution in [0.15, 0.2) is 65.1 Å². The number of carbonyl (C=O) groups is 1. The first-order valence-electron chi connectivity index (χ1n) is 10.5. The maximum absolute atomic E-state index is 14.8. The van der Waals surface area contributed by atoms with Crippen LogP contribution >= 0.6 is 34.7 Å². The van der Waals surface area contributed by atoms with Crippen LogP contribution < -0.4 is 0 Å². The number of nitrogens with zero attached hydrogens (tertiary/aromatic N) is 4. The van der Waals surface area contributed by atoms with E-state index < -0.39 is 11.1 Å². The van der Waals surface area contributed by atoms with Crippen molar-refractivity contribution in [1.82, 2.24) is 19.7 Å². The largest absolute Gasteiger partial charge is 0.337 e. The lowest BCUT2D eigenvalue weighted by molar-refractivity contribution is -0.131. The maximum Gasteiger partial charge on any atom is 0.236 e. The molecule has 4 aromatic rings. The summed E-state index contributed by atoms with van der Waals surface area (Å²) < 4.78 is 16.5. The summed E-state index contributed by atoms with van der Waals surface area (Å²) in [4.78, 5) is 16.5. The number of para-hydroxylation sites is 1. The van der Waals surface area contributed by atoms with E-state index in [1.54, 1.807) is 40.2 Å². The lowest BCUT2D eigenvalue weighted by Crippen LogP contribution is -2.39. The summed E-state index contributed by atoms with van der Waals surface area (Å²) in [5.74, 6) is 0.0421. The van der Waals surface area contributed by atoms with E-state index in [2.05, 4.69) is 21.6 Å². The van der Waals surface area contributed by atoms with Crippen molar-refractivity contribution in [2.75, 3.05) is 6.54 Å². The standard InChI is InChI=1S/C24H20ClFN4OS2/c1-15(23(31)29-12-10-21-16(14-29)11-13-32-21)33-24-28-27-22(17-6-2-3-7-18(17)25)30(24)20-9-5-4-8-19(20)26/h2-9,11,13,15H,10,12,14H2,1H3. The number of amides is 1. The molecule has 5 rings (SSSR count). The van der Waals surface area contributed by atoms with Gasteiger partial charge < -0.3 is 4.90 Å². The normalized spacial score (nSPS) is 14.2. The molecule has 0 bridgehead atoms. The fourth-order valence-electron chi connectivity index (χ4n) is 3.92. The molecule has 0 saturated heterocycles. The number of halogens is 2. The average molecular weight is 499 g/mol. The minimum Gasteiger partial charge on any atom is -0.337 e. The highest BCUT2D eigenvalue weighted by atomic mass is 35.5. The van der Waals surface area contributed by atoms with E-state index in [0.29, 0.717) is 40.3 Å². The Morgan fingerprint density at radius 3 is 2.76 bits per heavy atom. The molecule has 168 valence electrons. The second-order valence-corrected chi connectivity index (χ2v) is 10.4. The van der Waals surface area contributed by atoms with Gasteiger partial charge in [0.15, 0.2) is 11.0 Å². The third-order valence-corrected chi connectivity index (χ3v) is 7.97. The van der Waals surface area contributed by atoms with Crippen molar-refractivity contribution in [3.05, 3.63) is 81.3 Å². The fraction of sp³-hybridized carbons (Fsp3) is 0.208. The molecule has 1 amide bonds. The number of benzene rings is 2. The molecule has 33 heavy (non-hydrogen) atoms. The molecule has 0 saturated carbocycles. The Labute approximate surface area is 204 Å². The first-order chi connectivity index (χ1) is 16.0. The zero-order valence-electron chi connectivity index (χ0n) is 17.7.